The van der Waals surface area contributed by atoms with Crippen molar-refractivity contribution in [3.63, 3.8) is 0 Å². The molecule has 3 nitrogen and oxygen atoms in total. The van der Waals surface area contributed by atoms with Crippen LogP contribution in [0.2, 0.25) is 0 Å². The average Bonchev–Trinajstić information content (AvgIpc) is 2.65. The third-order valence-corrected chi connectivity index (χ3v) is 2.28. The van der Waals surface area contributed by atoms with Crippen molar-refractivity contribution in [2.45, 2.75) is 32.9 Å². The molecule has 1 unspecified atom stereocenters. The zero-order chi connectivity index (χ0) is 10.1. The van der Waals surface area contributed by atoms with Crippen molar-refractivity contribution in [3.8, 4) is 0 Å². The molecule has 3 heteroatoms. The van der Waals surface area contributed by atoms with E-state index in [0.717, 1.165) is 13.2 Å². The summed E-state index contributed by atoms with van der Waals surface area (Å²) in [4.78, 5) is 2.43. The van der Waals surface area contributed by atoms with E-state index in [1.165, 1.54) is 19.4 Å². The van der Waals surface area contributed by atoms with E-state index >= 15 is 0 Å². The third-order valence-electron chi connectivity index (χ3n) is 2.28. The Kier molecular flexibility index (Phi) is 8.40. The van der Waals surface area contributed by atoms with E-state index in [9.17, 15) is 0 Å². The summed E-state index contributed by atoms with van der Waals surface area (Å²) in [5.74, 6) is 0. The predicted octanol–water partition coefficient (Wildman–Crippen LogP) is 1.30. The van der Waals surface area contributed by atoms with Crippen LogP contribution in [0.15, 0.2) is 0 Å². The summed E-state index contributed by atoms with van der Waals surface area (Å²) in [5, 5.41) is 3.29. The van der Waals surface area contributed by atoms with Crippen LogP contribution in [-0.2, 0) is 4.74 Å². The number of methoxy groups -OCH3 is 1. The molecule has 80 valence electrons. The summed E-state index contributed by atoms with van der Waals surface area (Å²) < 4.78 is 5.03. The van der Waals surface area contributed by atoms with Gasteiger partial charge in [-0.25, -0.2) is 0 Å². The van der Waals surface area contributed by atoms with Gasteiger partial charge in [-0.15, -0.1) is 0 Å². The zero-order valence-corrected chi connectivity index (χ0v) is 9.47. The van der Waals surface area contributed by atoms with Gasteiger partial charge >= 0.3 is 0 Å². The van der Waals surface area contributed by atoms with E-state index in [1.54, 1.807) is 7.11 Å². The normalized spacial score (nSPS) is 22.6. The number of hydrogen-bond donors (Lipinski definition) is 1. The van der Waals surface area contributed by atoms with Gasteiger partial charge in [-0.2, -0.15) is 0 Å². The molecule has 1 aliphatic heterocycles. The molecule has 0 bridgehead atoms. The Morgan fingerprint density at radius 3 is 2.69 bits per heavy atom. The Morgan fingerprint density at radius 1 is 1.46 bits per heavy atom. The molecule has 0 saturated carbocycles. The smallest absolute Gasteiger partial charge is 0.0595 e. The minimum atomic E-state index is 0.588. The fourth-order valence-corrected chi connectivity index (χ4v) is 1.63. The van der Waals surface area contributed by atoms with Crippen LogP contribution in [0, 0.1) is 0 Å². The molecule has 13 heavy (non-hydrogen) atoms. The molecular weight excluding hydrogens is 164 g/mol. The highest BCUT2D eigenvalue weighted by atomic mass is 16.5. The lowest BCUT2D eigenvalue weighted by Crippen LogP contribution is -2.40. The molecule has 1 atom stereocenters. The summed E-state index contributed by atoms with van der Waals surface area (Å²) in [6.45, 7) is 7.12. The number of rotatable bonds is 4. The maximum absolute atomic E-state index is 5.03. The maximum atomic E-state index is 5.03. The second kappa shape index (κ2) is 8.48. The quantitative estimate of drug-likeness (QED) is 0.719. The predicted molar refractivity (Wildman–Crippen MR) is 56.9 cm³/mol. The first kappa shape index (κ1) is 12.9. The number of ether oxygens (including phenoxy) is 1. The van der Waals surface area contributed by atoms with Crippen molar-refractivity contribution in [1.82, 2.24) is 10.2 Å². The lowest BCUT2D eigenvalue weighted by molar-refractivity contribution is 0.133. The van der Waals surface area contributed by atoms with Crippen LogP contribution in [-0.4, -0.2) is 44.9 Å². The van der Waals surface area contributed by atoms with Gasteiger partial charge in [-0.05, 0) is 26.4 Å². The van der Waals surface area contributed by atoms with Gasteiger partial charge in [0.25, 0.3) is 0 Å². The molecule has 1 saturated heterocycles. The van der Waals surface area contributed by atoms with Gasteiger partial charge in [0.1, 0.15) is 0 Å². The van der Waals surface area contributed by atoms with Crippen LogP contribution in [0.3, 0.4) is 0 Å². The Morgan fingerprint density at radius 2 is 2.15 bits per heavy atom. The largest absolute Gasteiger partial charge is 0.383 e. The molecular formula is C10H24N2O. The molecule has 1 rings (SSSR count). The Hall–Kier alpha value is -0.120. The summed E-state index contributed by atoms with van der Waals surface area (Å²) in [6.07, 6.45) is 3.18. The minimum Gasteiger partial charge on any atom is -0.383 e. The van der Waals surface area contributed by atoms with Crippen molar-refractivity contribution in [3.05, 3.63) is 0 Å². The van der Waals surface area contributed by atoms with Crippen LogP contribution < -0.4 is 5.32 Å². The molecule has 1 fully saturated rings. The summed E-state index contributed by atoms with van der Waals surface area (Å²) >= 11 is 0. The van der Waals surface area contributed by atoms with Gasteiger partial charge in [-0.1, -0.05) is 13.8 Å². The molecule has 0 aromatic carbocycles. The van der Waals surface area contributed by atoms with Crippen LogP contribution in [0.1, 0.15) is 26.7 Å². The van der Waals surface area contributed by atoms with Crippen LogP contribution in [0.4, 0.5) is 0 Å². The Bertz CT molecular complexity index is 109. The monoisotopic (exact) mass is 188 g/mol. The van der Waals surface area contributed by atoms with Gasteiger partial charge in [0.15, 0.2) is 0 Å². The fourth-order valence-electron chi connectivity index (χ4n) is 1.63. The molecule has 0 spiro atoms. The second-order valence-electron chi connectivity index (χ2n) is 2.98. The average molecular weight is 188 g/mol. The zero-order valence-electron chi connectivity index (χ0n) is 9.47. The van der Waals surface area contributed by atoms with Crippen molar-refractivity contribution in [2.24, 2.45) is 0 Å². The van der Waals surface area contributed by atoms with E-state index in [-0.39, 0.29) is 0 Å². The van der Waals surface area contributed by atoms with Gasteiger partial charge in [0, 0.05) is 13.7 Å². The van der Waals surface area contributed by atoms with Gasteiger partial charge in [0.2, 0.25) is 0 Å². The highest BCUT2D eigenvalue weighted by molar-refractivity contribution is 4.75. The molecule has 1 heterocycles. The number of nitrogens with zero attached hydrogens (tertiary/aromatic N) is 1. The van der Waals surface area contributed by atoms with E-state index in [2.05, 4.69) is 10.2 Å². The van der Waals surface area contributed by atoms with Gasteiger partial charge in [-0.3, -0.25) is 4.90 Å². The minimum absolute atomic E-state index is 0.588. The number of hydrogen-bond acceptors (Lipinski definition) is 3. The first-order valence-electron chi connectivity index (χ1n) is 5.28. The first-order valence-corrected chi connectivity index (χ1v) is 5.28. The van der Waals surface area contributed by atoms with Gasteiger partial charge < -0.3 is 10.1 Å². The maximum Gasteiger partial charge on any atom is 0.0595 e. The molecule has 0 aromatic heterocycles. The lowest BCUT2D eigenvalue weighted by atomic mass is 10.3. The molecule has 0 amide bonds. The van der Waals surface area contributed by atoms with Crippen molar-refractivity contribution in [2.75, 3.05) is 33.9 Å². The van der Waals surface area contributed by atoms with Crippen LogP contribution >= 0.6 is 0 Å². The molecule has 0 aliphatic carbocycles. The highest BCUT2D eigenvalue weighted by Crippen LogP contribution is 2.13. The Balaban J connectivity index is 0.000000671. The van der Waals surface area contributed by atoms with E-state index in [4.69, 9.17) is 4.74 Å². The summed E-state index contributed by atoms with van der Waals surface area (Å²) in [6, 6.07) is 0. The topological polar surface area (TPSA) is 24.5 Å². The highest BCUT2D eigenvalue weighted by Gasteiger charge is 2.21. The van der Waals surface area contributed by atoms with E-state index < -0.39 is 0 Å². The second-order valence-corrected chi connectivity index (χ2v) is 2.98. The number of likely N-dealkylation sites (tertiary alicyclic amines) is 1. The van der Waals surface area contributed by atoms with Crippen molar-refractivity contribution < 1.29 is 4.74 Å². The van der Waals surface area contributed by atoms with Crippen LogP contribution in [0.5, 0.6) is 0 Å². The summed E-state index contributed by atoms with van der Waals surface area (Å²) in [5.41, 5.74) is 0. The fraction of sp³-hybridized carbons (Fsp3) is 1.00. The lowest BCUT2D eigenvalue weighted by Gasteiger charge is -2.23. The third kappa shape index (κ3) is 4.60. The molecule has 0 radical (unpaired) electrons. The van der Waals surface area contributed by atoms with Crippen molar-refractivity contribution in [1.29, 1.82) is 0 Å². The molecule has 1 N–H and O–H groups in total. The molecule has 1 aliphatic rings. The summed E-state index contributed by atoms with van der Waals surface area (Å²) in [7, 11) is 3.78. The van der Waals surface area contributed by atoms with E-state index in [1.807, 2.05) is 20.9 Å². The number of nitrogens with one attached hydrogen (secondary N) is 1. The van der Waals surface area contributed by atoms with Gasteiger partial charge in [0.05, 0.1) is 12.8 Å². The van der Waals surface area contributed by atoms with E-state index in [0.29, 0.717) is 6.17 Å². The SMILES string of the molecule is CC.CNC1CCCN1CCOC. The van der Waals surface area contributed by atoms with Crippen LogP contribution in [0.25, 0.3) is 0 Å². The standard InChI is InChI=1S/C8H18N2O.C2H6/c1-9-8-4-3-5-10(8)6-7-11-2;1-2/h8-9H,3-7H2,1-2H3;1-2H3. The van der Waals surface area contributed by atoms with Crippen molar-refractivity contribution >= 4 is 0 Å². The molecule has 0 aromatic rings. The first-order chi connectivity index (χ1) is 6.38. The Labute approximate surface area is 82.4 Å².